The van der Waals surface area contributed by atoms with Crippen LogP contribution in [0.15, 0.2) is 11.6 Å². The third kappa shape index (κ3) is 2.06. The van der Waals surface area contributed by atoms with Gasteiger partial charge in [0.05, 0.1) is 0 Å². The standard InChI is InChI=1S/C12H19NO/c1-13-8-4-6-11(13)9-10-5-2-3-7-12(10)14/h9,11H,2-8H2,1H3/b10-9+. The van der Waals surface area contributed by atoms with Crippen molar-refractivity contribution in [2.75, 3.05) is 13.6 Å². The number of likely N-dealkylation sites (N-methyl/N-ethyl adjacent to an activating group) is 1. The first-order chi connectivity index (χ1) is 6.77. The second-order valence-corrected chi connectivity index (χ2v) is 4.51. The van der Waals surface area contributed by atoms with Crippen LogP contribution >= 0.6 is 0 Å². The molecule has 0 radical (unpaired) electrons. The molecule has 0 bridgehead atoms. The van der Waals surface area contributed by atoms with E-state index in [0.717, 1.165) is 24.8 Å². The molecule has 14 heavy (non-hydrogen) atoms. The number of nitrogens with zero attached hydrogens (tertiary/aromatic N) is 1. The molecule has 2 heteroatoms. The Balaban J connectivity index is 2.04. The van der Waals surface area contributed by atoms with Gasteiger partial charge in [0.1, 0.15) is 0 Å². The van der Waals surface area contributed by atoms with Gasteiger partial charge in [-0.25, -0.2) is 0 Å². The number of hydrogen-bond acceptors (Lipinski definition) is 2. The van der Waals surface area contributed by atoms with Crippen molar-refractivity contribution in [1.29, 1.82) is 0 Å². The van der Waals surface area contributed by atoms with E-state index >= 15 is 0 Å². The molecule has 1 aliphatic heterocycles. The van der Waals surface area contributed by atoms with Gasteiger partial charge in [0.25, 0.3) is 0 Å². The summed E-state index contributed by atoms with van der Waals surface area (Å²) in [7, 11) is 2.15. The Morgan fingerprint density at radius 1 is 1.29 bits per heavy atom. The molecule has 1 heterocycles. The minimum atomic E-state index is 0.400. The van der Waals surface area contributed by atoms with Crippen LogP contribution < -0.4 is 0 Å². The Morgan fingerprint density at radius 2 is 2.07 bits per heavy atom. The maximum Gasteiger partial charge on any atom is 0.158 e. The molecule has 78 valence electrons. The van der Waals surface area contributed by atoms with Gasteiger partial charge in [-0.2, -0.15) is 0 Å². The zero-order valence-electron chi connectivity index (χ0n) is 8.96. The molecule has 1 saturated heterocycles. The fraction of sp³-hybridized carbons (Fsp3) is 0.750. The molecule has 2 rings (SSSR count). The van der Waals surface area contributed by atoms with Crippen molar-refractivity contribution in [1.82, 2.24) is 4.90 Å². The number of rotatable bonds is 1. The first-order valence-corrected chi connectivity index (χ1v) is 5.71. The highest BCUT2D eigenvalue weighted by molar-refractivity contribution is 5.96. The molecule has 1 atom stereocenters. The number of allylic oxidation sites excluding steroid dienone is 1. The molecule has 1 aliphatic carbocycles. The van der Waals surface area contributed by atoms with Gasteiger partial charge in [0.15, 0.2) is 5.78 Å². The largest absolute Gasteiger partial charge is 0.300 e. The lowest BCUT2D eigenvalue weighted by Crippen LogP contribution is -2.24. The van der Waals surface area contributed by atoms with Gasteiger partial charge >= 0.3 is 0 Å². The lowest BCUT2D eigenvalue weighted by Gasteiger charge is -2.19. The zero-order valence-corrected chi connectivity index (χ0v) is 8.96. The third-order valence-electron chi connectivity index (χ3n) is 3.43. The topological polar surface area (TPSA) is 20.3 Å². The quantitative estimate of drug-likeness (QED) is 0.595. The van der Waals surface area contributed by atoms with Gasteiger partial charge < -0.3 is 0 Å². The average Bonchev–Trinajstić information content (AvgIpc) is 2.56. The van der Waals surface area contributed by atoms with Crippen molar-refractivity contribution >= 4 is 5.78 Å². The summed E-state index contributed by atoms with van der Waals surface area (Å²) in [6.07, 6.45) is 8.83. The molecule has 0 aromatic carbocycles. The SMILES string of the molecule is CN1CCCC1/C=C1\CCCCC1=O. The van der Waals surface area contributed by atoms with E-state index in [-0.39, 0.29) is 0 Å². The molecule has 0 amide bonds. The van der Waals surface area contributed by atoms with Crippen LogP contribution in [0.25, 0.3) is 0 Å². The van der Waals surface area contributed by atoms with Crippen molar-refractivity contribution in [3.8, 4) is 0 Å². The van der Waals surface area contributed by atoms with Crippen molar-refractivity contribution in [3.63, 3.8) is 0 Å². The lowest BCUT2D eigenvalue weighted by molar-refractivity contribution is -0.116. The van der Waals surface area contributed by atoms with Crippen LogP contribution in [0, 0.1) is 0 Å². The minimum Gasteiger partial charge on any atom is -0.300 e. The van der Waals surface area contributed by atoms with E-state index in [1.54, 1.807) is 0 Å². The Hall–Kier alpha value is -0.630. The number of likely N-dealkylation sites (tertiary alicyclic amines) is 1. The van der Waals surface area contributed by atoms with Gasteiger partial charge in [0, 0.05) is 12.5 Å². The highest BCUT2D eigenvalue weighted by Crippen LogP contribution is 2.24. The number of Topliss-reactive ketones (excluding diaryl/α,β-unsaturated/α-hetero) is 1. The smallest absolute Gasteiger partial charge is 0.158 e. The molecule has 0 aromatic heterocycles. The second kappa shape index (κ2) is 4.26. The molecule has 2 fully saturated rings. The van der Waals surface area contributed by atoms with E-state index in [4.69, 9.17) is 0 Å². The van der Waals surface area contributed by atoms with E-state index in [9.17, 15) is 4.79 Å². The summed E-state index contributed by atoms with van der Waals surface area (Å²) >= 11 is 0. The van der Waals surface area contributed by atoms with Crippen LogP contribution in [0.3, 0.4) is 0 Å². The highest BCUT2D eigenvalue weighted by atomic mass is 16.1. The summed E-state index contributed by atoms with van der Waals surface area (Å²) in [5.41, 5.74) is 1.11. The van der Waals surface area contributed by atoms with E-state index in [2.05, 4.69) is 18.0 Å². The fourth-order valence-electron chi connectivity index (χ4n) is 2.46. The minimum absolute atomic E-state index is 0.400. The van der Waals surface area contributed by atoms with Gasteiger partial charge in [-0.05, 0) is 51.3 Å². The third-order valence-corrected chi connectivity index (χ3v) is 3.43. The molecule has 2 aliphatic rings. The second-order valence-electron chi connectivity index (χ2n) is 4.51. The van der Waals surface area contributed by atoms with Gasteiger partial charge in [-0.15, -0.1) is 0 Å². The monoisotopic (exact) mass is 193 g/mol. The van der Waals surface area contributed by atoms with Crippen molar-refractivity contribution in [2.45, 2.75) is 44.6 Å². The Bertz CT molecular complexity index is 257. The maximum absolute atomic E-state index is 11.6. The number of carbonyl (C=O) groups is 1. The predicted molar refractivity (Wildman–Crippen MR) is 57.2 cm³/mol. The summed E-state index contributed by atoms with van der Waals surface area (Å²) < 4.78 is 0. The molecule has 0 N–H and O–H groups in total. The van der Waals surface area contributed by atoms with E-state index in [1.807, 2.05) is 0 Å². The predicted octanol–water partition coefficient (Wildman–Crippen LogP) is 2.15. The first-order valence-electron chi connectivity index (χ1n) is 5.71. The Morgan fingerprint density at radius 3 is 2.71 bits per heavy atom. The van der Waals surface area contributed by atoms with Crippen LogP contribution in [0.4, 0.5) is 0 Å². The molecular weight excluding hydrogens is 174 g/mol. The summed E-state index contributed by atoms with van der Waals surface area (Å²) in [6.45, 7) is 1.18. The molecule has 1 unspecified atom stereocenters. The van der Waals surface area contributed by atoms with Crippen LogP contribution in [0.2, 0.25) is 0 Å². The number of carbonyl (C=O) groups excluding carboxylic acids is 1. The Labute approximate surface area is 86.0 Å². The average molecular weight is 193 g/mol. The zero-order chi connectivity index (χ0) is 9.97. The van der Waals surface area contributed by atoms with Crippen LogP contribution in [0.1, 0.15) is 38.5 Å². The van der Waals surface area contributed by atoms with Crippen LogP contribution in [-0.2, 0) is 4.79 Å². The van der Waals surface area contributed by atoms with Gasteiger partial charge in [0.2, 0.25) is 0 Å². The van der Waals surface area contributed by atoms with Crippen LogP contribution in [-0.4, -0.2) is 30.3 Å². The van der Waals surface area contributed by atoms with Gasteiger partial charge in [-0.1, -0.05) is 6.08 Å². The maximum atomic E-state index is 11.6. The van der Waals surface area contributed by atoms with Crippen molar-refractivity contribution in [2.24, 2.45) is 0 Å². The molecule has 2 nitrogen and oxygen atoms in total. The fourth-order valence-corrected chi connectivity index (χ4v) is 2.46. The summed E-state index contributed by atoms with van der Waals surface area (Å²) in [5.74, 6) is 0.400. The molecule has 0 aromatic rings. The van der Waals surface area contributed by atoms with E-state index < -0.39 is 0 Å². The van der Waals surface area contributed by atoms with Crippen molar-refractivity contribution in [3.05, 3.63) is 11.6 Å². The first kappa shape index (κ1) is 9.91. The van der Waals surface area contributed by atoms with Gasteiger partial charge in [-0.3, -0.25) is 9.69 Å². The summed E-state index contributed by atoms with van der Waals surface area (Å²) in [4.78, 5) is 14.0. The molecule has 0 spiro atoms. The Kier molecular flexibility index (Phi) is 3.02. The normalized spacial score (nSPS) is 32.8. The number of ketones is 1. The molecular formula is C12H19NO. The highest BCUT2D eigenvalue weighted by Gasteiger charge is 2.22. The van der Waals surface area contributed by atoms with E-state index in [0.29, 0.717) is 11.8 Å². The lowest BCUT2D eigenvalue weighted by atomic mass is 9.92. The van der Waals surface area contributed by atoms with Crippen LogP contribution in [0.5, 0.6) is 0 Å². The molecule has 1 saturated carbocycles. The summed E-state index contributed by atoms with van der Waals surface area (Å²) in [6, 6.07) is 0.534. The number of hydrogen-bond donors (Lipinski definition) is 0. The summed E-state index contributed by atoms with van der Waals surface area (Å²) in [5, 5.41) is 0. The van der Waals surface area contributed by atoms with Crippen molar-refractivity contribution < 1.29 is 4.79 Å². The van der Waals surface area contributed by atoms with E-state index in [1.165, 1.54) is 25.8 Å².